The van der Waals surface area contributed by atoms with Gasteiger partial charge >= 0.3 is 0 Å². The third-order valence-electron chi connectivity index (χ3n) is 6.48. The van der Waals surface area contributed by atoms with Crippen molar-refractivity contribution in [2.24, 2.45) is 4.99 Å². The number of benzene rings is 2. The van der Waals surface area contributed by atoms with E-state index in [2.05, 4.69) is 50.1 Å². The highest BCUT2D eigenvalue weighted by atomic mass is 16.3. The lowest BCUT2D eigenvalue weighted by Gasteiger charge is -2.37. The lowest BCUT2D eigenvalue weighted by atomic mass is 9.98. The molecule has 1 saturated heterocycles. The summed E-state index contributed by atoms with van der Waals surface area (Å²) < 4.78 is 0. The zero-order valence-corrected chi connectivity index (χ0v) is 18.4. The van der Waals surface area contributed by atoms with E-state index < -0.39 is 6.10 Å². The second kappa shape index (κ2) is 8.81. The van der Waals surface area contributed by atoms with Gasteiger partial charge in [-0.3, -0.25) is 19.7 Å². The lowest BCUT2D eigenvalue weighted by molar-refractivity contribution is -0.112. The van der Waals surface area contributed by atoms with Gasteiger partial charge in [0.05, 0.1) is 23.5 Å². The van der Waals surface area contributed by atoms with Crippen molar-refractivity contribution in [1.29, 1.82) is 0 Å². The summed E-state index contributed by atoms with van der Waals surface area (Å²) in [5.74, 6) is 0.0131. The predicted octanol–water partition coefficient (Wildman–Crippen LogP) is 3.62. The molecule has 1 N–H and O–H groups in total. The Morgan fingerprint density at radius 1 is 1.06 bits per heavy atom. The van der Waals surface area contributed by atoms with Crippen molar-refractivity contribution in [3.05, 3.63) is 65.4 Å². The van der Waals surface area contributed by atoms with E-state index in [1.807, 2.05) is 25.1 Å². The van der Waals surface area contributed by atoms with Crippen molar-refractivity contribution in [3.63, 3.8) is 0 Å². The van der Waals surface area contributed by atoms with E-state index >= 15 is 0 Å². The number of anilines is 1. The molecule has 6 nitrogen and oxygen atoms in total. The van der Waals surface area contributed by atoms with Crippen LogP contribution in [0.25, 0.3) is 10.9 Å². The number of fused-ring (bicyclic) bond motifs is 2. The van der Waals surface area contributed by atoms with Crippen molar-refractivity contribution in [3.8, 4) is 0 Å². The van der Waals surface area contributed by atoms with Gasteiger partial charge in [-0.1, -0.05) is 18.2 Å². The number of aliphatic hydroxyl groups excluding tert-OH is 1. The molecule has 6 heteroatoms. The summed E-state index contributed by atoms with van der Waals surface area (Å²) in [7, 11) is 0. The molecule has 2 aliphatic rings. The highest BCUT2D eigenvalue weighted by Crippen LogP contribution is 2.29. The number of nitrogens with zero attached hydrogens (tertiary/aromatic N) is 4. The third kappa shape index (κ3) is 4.29. The van der Waals surface area contributed by atoms with Crippen LogP contribution in [0.3, 0.4) is 0 Å². The number of carbonyl (C=O) groups excluding carboxylic acids is 1. The number of ketones is 1. The predicted molar refractivity (Wildman–Crippen MR) is 128 cm³/mol. The fourth-order valence-electron chi connectivity index (χ4n) is 4.66. The normalized spacial score (nSPS) is 17.6. The number of aryl methyl sites for hydroxylation is 1. The van der Waals surface area contributed by atoms with Crippen LogP contribution in [0.2, 0.25) is 0 Å². The third-order valence-corrected chi connectivity index (χ3v) is 6.48. The number of aromatic nitrogens is 1. The molecule has 0 radical (unpaired) electrons. The van der Waals surface area contributed by atoms with E-state index in [9.17, 15) is 9.90 Å². The lowest BCUT2D eigenvalue weighted by Crippen LogP contribution is -2.46. The molecule has 1 fully saturated rings. The molecule has 164 valence electrons. The summed E-state index contributed by atoms with van der Waals surface area (Å²) in [6.45, 7) is 6.73. The Morgan fingerprint density at radius 2 is 1.91 bits per heavy atom. The Bertz CT molecular complexity index is 1180. The first kappa shape index (κ1) is 20.8. The highest BCUT2D eigenvalue weighted by Gasteiger charge is 2.21. The van der Waals surface area contributed by atoms with Gasteiger partial charge in [0.25, 0.3) is 0 Å². The summed E-state index contributed by atoms with van der Waals surface area (Å²) in [5, 5.41) is 11.9. The van der Waals surface area contributed by atoms with Crippen molar-refractivity contribution in [2.75, 3.05) is 37.6 Å². The molecule has 32 heavy (non-hydrogen) atoms. The molecule has 3 aromatic rings. The van der Waals surface area contributed by atoms with Crippen LogP contribution in [0, 0.1) is 6.92 Å². The molecular formula is C26H28N4O2. The molecule has 0 aliphatic carbocycles. The standard InChI is InChI=1S/C26H28N4O2/c1-18-5-7-22-24(28-18)3-2-4-25(22)30-13-11-29(12-14-30)10-9-26(32)19-6-8-23-20(15-19)16-21(31)17-27-23/h2-8,15,17,26,32H,9-14,16H2,1H3. The average Bonchev–Trinajstić information content (AvgIpc) is 2.81. The minimum Gasteiger partial charge on any atom is -0.388 e. The molecule has 1 atom stereocenters. The molecule has 1 aromatic heterocycles. The summed E-state index contributed by atoms with van der Waals surface area (Å²) in [6.07, 6.45) is 1.89. The van der Waals surface area contributed by atoms with Gasteiger partial charge in [0.15, 0.2) is 5.78 Å². The quantitative estimate of drug-likeness (QED) is 0.672. The maximum Gasteiger partial charge on any atom is 0.178 e. The van der Waals surface area contributed by atoms with E-state index in [0.717, 1.165) is 60.7 Å². The van der Waals surface area contributed by atoms with Crippen molar-refractivity contribution in [2.45, 2.75) is 25.9 Å². The number of Topliss-reactive ketones (excluding diaryl/α,β-unsaturated/α-hetero) is 1. The van der Waals surface area contributed by atoms with Gasteiger partial charge < -0.3 is 10.0 Å². The van der Waals surface area contributed by atoms with Crippen LogP contribution in [0.1, 0.15) is 29.3 Å². The van der Waals surface area contributed by atoms with E-state index in [0.29, 0.717) is 12.8 Å². The van der Waals surface area contributed by atoms with Gasteiger partial charge in [-0.15, -0.1) is 0 Å². The zero-order chi connectivity index (χ0) is 22.1. The maximum absolute atomic E-state index is 11.6. The average molecular weight is 429 g/mol. The molecule has 2 aromatic carbocycles. The van der Waals surface area contributed by atoms with Gasteiger partial charge in [0.1, 0.15) is 0 Å². The first-order valence-electron chi connectivity index (χ1n) is 11.3. The van der Waals surface area contributed by atoms with Crippen molar-refractivity contribution < 1.29 is 9.90 Å². The van der Waals surface area contributed by atoms with Crippen LogP contribution in [0.4, 0.5) is 11.4 Å². The van der Waals surface area contributed by atoms with Crippen LogP contribution in [0.15, 0.2) is 53.5 Å². The summed E-state index contributed by atoms with van der Waals surface area (Å²) in [4.78, 5) is 25.3. The summed E-state index contributed by atoms with van der Waals surface area (Å²) in [5.41, 5.74) is 5.94. The number of hydrogen-bond acceptors (Lipinski definition) is 6. The van der Waals surface area contributed by atoms with E-state index in [1.165, 1.54) is 17.3 Å². The molecule has 0 amide bonds. The first-order valence-corrected chi connectivity index (χ1v) is 11.3. The van der Waals surface area contributed by atoms with Crippen LogP contribution < -0.4 is 4.90 Å². The van der Waals surface area contributed by atoms with Crippen molar-refractivity contribution >= 4 is 34.3 Å². The van der Waals surface area contributed by atoms with Crippen LogP contribution in [-0.2, 0) is 11.2 Å². The smallest absolute Gasteiger partial charge is 0.178 e. The zero-order valence-electron chi connectivity index (χ0n) is 18.4. The van der Waals surface area contributed by atoms with Gasteiger partial charge in [0.2, 0.25) is 0 Å². The molecule has 0 bridgehead atoms. The fraction of sp³-hybridized carbons (Fsp3) is 0.346. The maximum atomic E-state index is 11.6. The SMILES string of the molecule is Cc1ccc2c(N3CCN(CCC(O)c4ccc5c(c4)CC(=O)C=N5)CC3)cccc2n1. The molecule has 1 unspecified atom stereocenters. The van der Waals surface area contributed by atoms with Gasteiger partial charge in [0, 0.05) is 55.9 Å². The van der Waals surface area contributed by atoms with E-state index in [-0.39, 0.29) is 5.78 Å². The number of piperazine rings is 1. The van der Waals surface area contributed by atoms with Crippen molar-refractivity contribution in [1.82, 2.24) is 9.88 Å². The second-order valence-electron chi connectivity index (χ2n) is 8.72. The fourth-order valence-corrected chi connectivity index (χ4v) is 4.66. The molecular weight excluding hydrogens is 400 g/mol. The highest BCUT2D eigenvalue weighted by molar-refractivity contribution is 6.29. The topological polar surface area (TPSA) is 69.0 Å². The van der Waals surface area contributed by atoms with Crippen LogP contribution in [0.5, 0.6) is 0 Å². The van der Waals surface area contributed by atoms with Gasteiger partial charge in [-0.25, -0.2) is 0 Å². The number of carbonyl (C=O) groups is 1. The van der Waals surface area contributed by atoms with E-state index in [1.54, 1.807) is 0 Å². The molecule has 3 heterocycles. The molecule has 0 saturated carbocycles. The Hall–Kier alpha value is -3.09. The Kier molecular flexibility index (Phi) is 5.72. The Labute approximate surface area is 188 Å². The van der Waals surface area contributed by atoms with Gasteiger partial charge in [-0.2, -0.15) is 0 Å². The molecule has 2 aliphatic heterocycles. The molecule has 5 rings (SSSR count). The Morgan fingerprint density at radius 3 is 2.75 bits per heavy atom. The minimum absolute atomic E-state index is 0.0131. The first-order chi connectivity index (χ1) is 15.6. The van der Waals surface area contributed by atoms with Gasteiger partial charge in [-0.05, 0) is 54.8 Å². The monoisotopic (exact) mass is 428 g/mol. The Balaban J connectivity index is 1.18. The van der Waals surface area contributed by atoms with Crippen LogP contribution in [-0.4, -0.2) is 59.7 Å². The summed E-state index contributed by atoms with van der Waals surface area (Å²) in [6, 6.07) is 16.4. The van der Waals surface area contributed by atoms with E-state index in [4.69, 9.17) is 0 Å². The number of pyridine rings is 1. The number of hydrogen-bond donors (Lipinski definition) is 1. The summed E-state index contributed by atoms with van der Waals surface area (Å²) >= 11 is 0. The number of aliphatic imine (C=N–C) groups is 1. The second-order valence-corrected chi connectivity index (χ2v) is 8.72. The van der Waals surface area contributed by atoms with Crippen LogP contribution >= 0.6 is 0 Å². The number of rotatable bonds is 5. The largest absolute Gasteiger partial charge is 0.388 e. The number of aliphatic hydroxyl groups is 1. The minimum atomic E-state index is -0.535. The molecule has 0 spiro atoms.